The Morgan fingerprint density at radius 3 is 2.61 bits per heavy atom. The SMILES string of the molecule is CC(C)CC(C)(COc1ccc(-c2ccnc(CF)c2)nc1CF)OC(N)=O. The van der Waals surface area contributed by atoms with Crippen LogP contribution in [0.25, 0.3) is 11.3 Å². The van der Waals surface area contributed by atoms with Gasteiger partial charge in [-0.1, -0.05) is 13.8 Å². The van der Waals surface area contributed by atoms with Crippen LogP contribution in [0.4, 0.5) is 13.6 Å². The number of halogens is 2. The van der Waals surface area contributed by atoms with Crippen LogP contribution in [0.2, 0.25) is 0 Å². The zero-order valence-electron chi connectivity index (χ0n) is 16.2. The molecule has 2 N–H and O–H groups in total. The lowest BCUT2D eigenvalue weighted by atomic mass is 9.95. The number of primary amides is 1. The van der Waals surface area contributed by atoms with E-state index in [0.29, 0.717) is 17.7 Å². The second kappa shape index (κ2) is 9.43. The second-order valence-corrected chi connectivity index (χ2v) is 7.20. The maximum Gasteiger partial charge on any atom is 0.405 e. The van der Waals surface area contributed by atoms with Crippen LogP contribution in [-0.4, -0.2) is 28.3 Å². The van der Waals surface area contributed by atoms with E-state index in [1.54, 1.807) is 31.2 Å². The molecule has 2 aromatic rings. The highest BCUT2D eigenvalue weighted by Crippen LogP contribution is 2.27. The third-order valence-electron chi connectivity index (χ3n) is 4.03. The van der Waals surface area contributed by atoms with E-state index in [2.05, 4.69) is 9.97 Å². The highest BCUT2D eigenvalue weighted by molar-refractivity contribution is 5.65. The van der Waals surface area contributed by atoms with Gasteiger partial charge in [0, 0.05) is 11.8 Å². The summed E-state index contributed by atoms with van der Waals surface area (Å²) in [6.45, 7) is 4.13. The summed E-state index contributed by atoms with van der Waals surface area (Å²) in [5.74, 6) is 0.472. The molecule has 1 unspecified atom stereocenters. The molecule has 1 atom stereocenters. The predicted octanol–water partition coefficient (Wildman–Crippen LogP) is 4.36. The molecule has 0 bridgehead atoms. The number of rotatable bonds is 9. The van der Waals surface area contributed by atoms with E-state index in [9.17, 15) is 13.6 Å². The second-order valence-electron chi connectivity index (χ2n) is 7.20. The van der Waals surface area contributed by atoms with Gasteiger partial charge in [-0.2, -0.15) is 0 Å². The molecule has 0 spiro atoms. The van der Waals surface area contributed by atoms with E-state index in [1.165, 1.54) is 6.20 Å². The van der Waals surface area contributed by atoms with Crippen molar-refractivity contribution in [2.24, 2.45) is 11.7 Å². The molecule has 2 aromatic heterocycles. The Morgan fingerprint density at radius 2 is 2.00 bits per heavy atom. The molecule has 152 valence electrons. The number of aromatic nitrogens is 2. The Labute approximate surface area is 163 Å². The Kier molecular flexibility index (Phi) is 7.25. The molecular weight excluding hydrogens is 368 g/mol. The fourth-order valence-electron chi connectivity index (χ4n) is 3.05. The van der Waals surface area contributed by atoms with Crippen LogP contribution in [-0.2, 0) is 18.1 Å². The molecule has 0 fully saturated rings. The van der Waals surface area contributed by atoms with Crippen LogP contribution < -0.4 is 10.5 Å². The lowest BCUT2D eigenvalue weighted by Gasteiger charge is -2.30. The fourth-order valence-corrected chi connectivity index (χ4v) is 3.05. The summed E-state index contributed by atoms with van der Waals surface area (Å²) >= 11 is 0. The first kappa shape index (κ1) is 21.5. The number of carbonyl (C=O) groups is 1. The number of amides is 1. The smallest absolute Gasteiger partial charge is 0.405 e. The minimum atomic E-state index is -0.951. The quantitative estimate of drug-likeness (QED) is 0.684. The minimum Gasteiger partial charge on any atom is -0.487 e. The Balaban J connectivity index is 2.22. The van der Waals surface area contributed by atoms with E-state index in [-0.39, 0.29) is 29.7 Å². The molecule has 0 radical (unpaired) electrons. The first-order valence-electron chi connectivity index (χ1n) is 8.94. The van der Waals surface area contributed by atoms with Crippen LogP contribution in [0, 0.1) is 5.92 Å². The fraction of sp³-hybridized carbons (Fsp3) is 0.450. The lowest BCUT2D eigenvalue weighted by Crippen LogP contribution is -2.41. The van der Waals surface area contributed by atoms with E-state index in [1.807, 2.05) is 13.8 Å². The van der Waals surface area contributed by atoms with E-state index < -0.39 is 25.0 Å². The summed E-state index contributed by atoms with van der Waals surface area (Å²) in [6, 6.07) is 6.48. The summed E-state index contributed by atoms with van der Waals surface area (Å²) in [5, 5.41) is 0. The van der Waals surface area contributed by atoms with Crippen molar-refractivity contribution in [2.45, 2.75) is 46.1 Å². The molecule has 0 saturated carbocycles. The van der Waals surface area contributed by atoms with Gasteiger partial charge in [0.2, 0.25) is 0 Å². The number of nitrogens with zero attached hydrogens (tertiary/aromatic N) is 2. The summed E-state index contributed by atoms with van der Waals surface area (Å²) in [4.78, 5) is 19.4. The van der Waals surface area contributed by atoms with Gasteiger partial charge in [0.15, 0.2) is 0 Å². The van der Waals surface area contributed by atoms with E-state index in [0.717, 1.165) is 0 Å². The van der Waals surface area contributed by atoms with Crippen molar-refractivity contribution in [2.75, 3.05) is 6.61 Å². The Hall–Kier alpha value is -2.77. The topological polar surface area (TPSA) is 87.3 Å². The third kappa shape index (κ3) is 5.87. The van der Waals surface area contributed by atoms with Crippen molar-refractivity contribution in [3.63, 3.8) is 0 Å². The van der Waals surface area contributed by atoms with Gasteiger partial charge < -0.3 is 15.2 Å². The number of alkyl halides is 2. The van der Waals surface area contributed by atoms with Crippen molar-refractivity contribution >= 4 is 6.09 Å². The van der Waals surface area contributed by atoms with E-state index >= 15 is 0 Å². The number of hydrogen-bond acceptors (Lipinski definition) is 5. The van der Waals surface area contributed by atoms with Crippen LogP contribution in [0.3, 0.4) is 0 Å². The zero-order chi connectivity index (χ0) is 20.7. The number of nitrogens with two attached hydrogens (primary N) is 1. The summed E-state index contributed by atoms with van der Waals surface area (Å²) in [6.07, 6.45) is 1.10. The molecule has 0 aliphatic heterocycles. The van der Waals surface area contributed by atoms with Gasteiger partial charge in [0.05, 0.1) is 11.4 Å². The average molecular weight is 393 g/mol. The Bertz CT molecular complexity index is 817. The largest absolute Gasteiger partial charge is 0.487 e. The Morgan fingerprint density at radius 1 is 1.25 bits per heavy atom. The van der Waals surface area contributed by atoms with Gasteiger partial charge in [0.1, 0.15) is 37.0 Å². The van der Waals surface area contributed by atoms with Crippen molar-refractivity contribution < 1.29 is 23.0 Å². The normalized spacial score (nSPS) is 13.2. The predicted molar refractivity (Wildman–Crippen MR) is 101 cm³/mol. The van der Waals surface area contributed by atoms with Gasteiger partial charge in [-0.05, 0) is 43.5 Å². The molecule has 0 aliphatic carbocycles. The third-order valence-corrected chi connectivity index (χ3v) is 4.03. The standard InChI is InChI=1S/C20H25F2N3O3/c1-13(2)9-20(3,28-19(23)26)12-27-18-5-4-16(25-17(18)11-22)14-6-7-24-15(8-14)10-21/h4-8,13H,9-12H2,1-3H3,(H2,23,26). The number of carbonyl (C=O) groups excluding carboxylic acids is 1. The van der Waals surface area contributed by atoms with Crippen molar-refractivity contribution in [1.82, 2.24) is 9.97 Å². The van der Waals surface area contributed by atoms with Crippen LogP contribution in [0.1, 0.15) is 38.6 Å². The van der Waals surface area contributed by atoms with Crippen LogP contribution >= 0.6 is 0 Å². The molecule has 2 rings (SSSR count). The average Bonchev–Trinajstić information content (AvgIpc) is 2.65. The van der Waals surface area contributed by atoms with E-state index in [4.69, 9.17) is 15.2 Å². The summed E-state index contributed by atoms with van der Waals surface area (Å²) in [5.41, 5.74) is 5.70. The molecule has 6 nitrogen and oxygen atoms in total. The number of hydrogen-bond donors (Lipinski definition) is 1. The first-order chi connectivity index (χ1) is 13.3. The molecule has 1 amide bonds. The zero-order valence-corrected chi connectivity index (χ0v) is 16.2. The van der Waals surface area contributed by atoms with Gasteiger partial charge in [-0.3, -0.25) is 4.98 Å². The lowest BCUT2D eigenvalue weighted by molar-refractivity contribution is -0.0190. The van der Waals surface area contributed by atoms with Gasteiger partial charge >= 0.3 is 6.09 Å². The number of ether oxygens (including phenoxy) is 2. The molecule has 0 aliphatic rings. The highest BCUT2D eigenvalue weighted by atomic mass is 19.1. The molecular formula is C20H25F2N3O3. The van der Waals surface area contributed by atoms with Gasteiger partial charge in [-0.25, -0.2) is 18.6 Å². The number of pyridine rings is 2. The minimum absolute atomic E-state index is 0.00338. The van der Waals surface area contributed by atoms with Crippen LogP contribution in [0.15, 0.2) is 30.5 Å². The monoisotopic (exact) mass is 393 g/mol. The maximum absolute atomic E-state index is 13.5. The summed E-state index contributed by atoms with van der Waals surface area (Å²) in [7, 11) is 0. The molecule has 28 heavy (non-hydrogen) atoms. The van der Waals surface area contributed by atoms with Gasteiger partial charge in [0.25, 0.3) is 0 Å². The van der Waals surface area contributed by atoms with Crippen molar-refractivity contribution in [3.05, 3.63) is 41.9 Å². The first-order valence-corrected chi connectivity index (χ1v) is 8.94. The molecule has 0 saturated heterocycles. The maximum atomic E-state index is 13.5. The van der Waals surface area contributed by atoms with Crippen molar-refractivity contribution in [1.29, 1.82) is 0 Å². The molecule has 8 heteroatoms. The highest BCUT2D eigenvalue weighted by Gasteiger charge is 2.31. The van der Waals surface area contributed by atoms with Gasteiger partial charge in [-0.15, -0.1) is 0 Å². The molecule has 0 aromatic carbocycles. The summed E-state index contributed by atoms with van der Waals surface area (Å²) < 4.78 is 37.3. The molecule has 2 heterocycles. The van der Waals surface area contributed by atoms with Crippen molar-refractivity contribution in [3.8, 4) is 17.0 Å². The van der Waals surface area contributed by atoms with Crippen LogP contribution in [0.5, 0.6) is 5.75 Å².